The summed E-state index contributed by atoms with van der Waals surface area (Å²) in [4.78, 5) is 21.7. The number of carboxylic acid groups (broad SMARTS) is 1. The molecule has 7 heteroatoms. The number of nitrogens with zero attached hydrogens (tertiary/aromatic N) is 1. The predicted octanol–water partition coefficient (Wildman–Crippen LogP) is 1.70. The number of hydrogen-bond acceptors (Lipinski definition) is 5. The van der Waals surface area contributed by atoms with Crippen molar-refractivity contribution >= 4 is 11.7 Å². The minimum absolute atomic E-state index is 0.0710. The molecule has 0 spiro atoms. The molecule has 0 atom stereocenters. The normalized spacial score (nSPS) is 19.1. The molecule has 0 amide bonds. The number of non-ortho nitro benzene ring substituents is 1. The maximum absolute atomic E-state index is 11.6. The number of nitro groups is 1. The maximum atomic E-state index is 11.6. The molecule has 1 aliphatic rings. The molecule has 2 rings (SSSR count). The van der Waals surface area contributed by atoms with Crippen molar-refractivity contribution in [3.05, 3.63) is 39.9 Å². The van der Waals surface area contributed by atoms with Gasteiger partial charge in [-0.25, -0.2) is 0 Å². The van der Waals surface area contributed by atoms with Gasteiger partial charge in [0.25, 0.3) is 5.69 Å². The molecule has 1 fully saturated rings. The zero-order valence-electron chi connectivity index (χ0n) is 11.2. The van der Waals surface area contributed by atoms with Crippen LogP contribution in [0.5, 0.6) is 0 Å². The Bertz CT molecular complexity index is 526. The number of methoxy groups -OCH3 is 2. The first-order valence-electron chi connectivity index (χ1n) is 5.98. The van der Waals surface area contributed by atoms with Gasteiger partial charge in [0.1, 0.15) is 5.41 Å². The third-order valence-corrected chi connectivity index (χ3v) is 3.93. The Morgan fingerprint density at radius 3 is 2.10 bits per heavy atom. The lowest BCUT2D eigenvalue weighted by molar-refractivity contribution is -0.384. The van der Waals surface area contributed by atoms with E-state index in [-0.39, 0.29) is 18.5 Å². The van der Waals surface area contributed by atoms with Gasteiger partial charge in [0.2, 0.25) is 0 Å². The molecule has 1 aromatic carbocycles. The summed E-state index contributed by atoms with van der Waals surface area (Å²) in [6.45, 7) is 0. The van der Waals surface area contributed by atoms with Crippen LogP contribution in [-0.2, 0) is 19.7 Å². The smallest absolute Gasteiger partial charge is 0.314 e. The zero-order valence-corrected chi connectivity index (χ0v) is 11.2. The van der Waals surface area contributed by atoms with Gasteiger partial charge in [-0.3, -0.25) is 14.9 Å². The molecule has 0 radical (unpaired) electrons. The second-order valence-electron chi connectivity index (χ2n) is 4.86. The van der Waals surface area contributed by atoms with E-state index >= 15 is 0 Å². The third-order valence-electron chi connectivity index (χ3n) is 3.93. The Kier molecular flexibility index (Phi) is 3.49. The summed E-state index contributed by atoms with van der Waals surface area (Å²) in [5.41, 5.74) is -0.681. The summed E-state index contributed by atoms with van der Waals surface area (Å²) in [7, 11) is 2.93. The highest BCUT2D eigenvalue weighted by Gasteiger charge is 2.61. The number of nitro benzene ring substituents is 1. The Labute approximate surface area is 115 Å². The lowest BCUT2D eigenvalue weighted by Crippen LogP contribution is -2.60. The van der Waals surface area contributed by atoms with Gasteiger partial charge in [-0.2, -0.15) is 0 Å². The van der Waals surface area contributed by atoms with E-state index in [1.807, 2.05) is 0 Å². The van der Waals surface area contributed by atoms with Gasteiger partial charge in [-0.15, -0.1) is 0 Å². The van der Waals surface area contributed by atoms with E-state index in [4.69, 9.17) is 9.47 Å². The van der Waals surface area contributed by atoms with E-state index in [1.54, 1.807) is 0 Å². The molecule has 1 aliphatic carbocycles. The van der Waals surface area contributed by atoms with Crippen LogP contribution in [0.2, 0.25) is 0 Å². The van der Waals surface area contributed by atoms with Crippen LogP contribution in [-0.4, -0.2) is 36.0 Å². The number of hydrogen-bond donors (Lipinski definition) is 1. The lowest BCUT2D eigenvalue weighted by Gasteiger charge is -2.51. The van der Waals surface area contributed by atoms with Crippen LogP contribution in [0.3, 0.4) is 0 Å². The average molecular weight is 281 g/mol. The number of carboxylic acids is 1. The number of benzene rings is 1. The summed E-state index contributed by atoms with van der Waals surface area (Å²) in [5.74, 6) is -1.89. The largest absolute Gasteiger partial charge is 0.481 e. The Balaban J connectivity index is 2.32. The Morgan fingerprint density at radius 1 is 1.25 bits per heavy atom. The van der Waals surface area contributed by atoms with Gasteiger partial charge < -0.3 is 14.6 Å². The van der Waals surface area contributed by atoms with Crippen LogP contribution in [0.4, 0.5) is 5.69 Å². The van der Waals surface area contributed by atoms with Gasteiger partial charge in [-0.1, -0.05) is 12.1 Å². The molecule has 0 aliphatic heterocycles. The molecule has 1 N–H and O–H groups in total. The van der Waals surface area contributed by atoms with Crippen molar-refractivity contribution in [2.75, 3.05) is 14.2 Å². The summed E-state index contributed by atoms with van der Waals surface area (Å²) < 4.78 is 10.4. The highest BCUT2D eigenvalue weighted by atomic mass is 16.7. The summed E-state index contributed by atoms with van der Waals surface area (Å²) in [6, 6.07) is 5.56. The number of rotatable bonds is 5. The molecule has 0 aromatic heterocycles. The summed E-state index contributed by atoms with van der Waals surface area (Å²) in [5, 5.41) is 20.1. The predicted molar refractivity (Wildman–Crippen MR) is 68.4 cm³/mol. The highest BCUT2D eigenvalue weighted by molar-refractivity contribution is 5.83. The fraction of sp³-hybridized carbons (Fsp3) is 0.462. The van der Waals surface area contributed by atoms with E-state index in [2.05, 4.69) is 0 Å². The molecule has 20 heavy (non-hydrogen) atoms. The van der Waals surface area contributed by atoms with Gasteiger partial charge in [-0.05, 0) is 5.56 Å². The van der Waals surface area contributed by atoms with E-state index < -0.39 is 22.1 Å². The minimum atomic E-state index is -1.12. The van der Waals surface area contributed by atoms with Crippen LogP contribution in [0.25, 0.3) is 0 Å². The molecule has 0 heterocycles. The Morgan fingerprint density at radius 2 is 1.75 bits per heavy atom. The van der Waals surface area contributed by atoms with Crippen LogP contribution < -0.4 is 0 Å². The van der Waals surface area contributed by atoms with Gasteiger partial charge in [0.15, 0.2) is 5.79 Å². The fourth-order valence-corrected chi connectivity index (χ4v) is 2.62. The van der Waals surface area contributed by atoms with Crippen molar-refractivity contribution in [3.63, 3.8) is 0 Å². The number of aliphatic carboxylic acids is 1. The second-order valence-corrected chi connectivity index (χ2v) is 4.86. The van der Waals surface area contributed by atoms with E-state index in [9.17, 15) is 20.0 Å². The fourth-order valence-electron chi connectivity index (χ4n) is 2.62. The van der Waals surface area contributed by atoms with Gasteiger partial charge in [0, 0.05) is 39.2 Å². The molecule has 1 saturated carbocycles. The second kappa shape index (κ2) is 4.84. The third kappa shape index (κ3) is 2.04. The van der Waals surface area contributed by atoms with Crippen molar-refractivity contribution in [2.24, 2.45) is 0 Å². The zero-order chi connectivity index (χ0) is 15.0. The van der Waals surface area contributed by atoms with Crippen LogP contribution >= 0.6 is 0 Å². The highest BCUT2D eigenvalue weighted by Crippen LogP contribution is 2.52. The molecular formula is C13H15NO6. The van der Waals surface area contributed by atoms with Crippen LogP contribution in [0.15, 0.2) is 24.3 Å². The molecule has 0 bridgehead atoms. The standard InChI is InChI=1S/C13H15NO6/c1-19-13(20-2)7-12(8-13,11(15)16)9-3-5-10(6-4-9)14(17)18/h3-6H,7-8H2,1-2H3,(H,15,16). The molecular weight excluding hydrogens is 266 g/mol. The molecule has 0 unspecified atom stereocenters. The van der Waals surface area contributed by atoms with E-state index in [0.717, 1.165) is 0 Å². The molecule has 108 valence electrons. The number of carbonyl (C=O) groups is 1. The van der Waals surface area contributed by atoms with Crippen molar-refractivity contribution in [1.29, 1.82) is 0 Å². The topological polar surface area (TPSA) is 98.9 Å². The van der Waals surface area contributed by atoms with E-state index in [1.165, 1.54) is 38.5 Å². The van der Waals surface area contributed by atoms with E-state index in [0.29, 0.717) is 5.56 Å². The number of ether oxygens (including phenoxy) is 2. The molecule has 0 saturated heterocycles. The van der Waals surface area contributed by atoms with Crippen LogP contribution in [0, 0.1) is 10.1 Å². The first kappa shape index (κ1) is 14.4. The first-order valence-corrected chi connectivity index (χ1v) is 5.98. The Hall–Kier alpha value is -1.99. The first-order chi connectivity index (χ1) is 9.39. The molecule has 7 nitrogen and oxygen atoms in total. The van der Waals surface area contributed by atoms with Crippen molar-refractivity contribution < 1.29 is 24.3 Å². The minimum Gasteiger partial charge on any atom is -0.481 e. The SMILES string of the molecule is COC1(OC)CC(C(=O)O)(c2ccc([N+](=O)[O-])cc2)C1. The quantitative estimate of drug-likeness (QED) is 0.501. The van der Waals surface area contributed by atoms with Gasteiger partial charge in [0.05, 0.1) is 4.92 Å². The monoisotopic (exact) mass is 281 g/mol. The van der Waals surface area contributed by atoms with Gasteiger partial charge >= 0.3 is 5.97 Å². The maximum Gasteiger partial charge on any atom is 0.314 e. The van der Waals surface area contributed by atoms with Crippen molar-refractivity contribution in [3.8, 4) is 0 Å². The summed E-state index contributed by atoms with van der Waals surface area (Å²) >= 11 is 0. The summed E-state index contributed by atoms with van der Waals surface area (Å²) in [6.07, 6.45) is 0.334. The van der Waals surface area contributed by atoms with Crippen molar-refractivity contribution in [1.82, 2.24) is 0 Å². The average Bonchev–Trinajstić information content (AvgIpc) is 2.39. The van der Waals surface area contributed by atoms with Crippen LogP contribution in [0.1, 0.15) is 18.4 Å². The van der Waals surface area contributed by atoms with Crippen molar-refractivity contribution in [2.45, 2.75) is 24.0 Å². The lowest BCUT2D eigenvalue weighted by atomic mass is 9.60. The molecule has 1 aromatic rings.